The molecule has 0 radical (unpaired) electrons. The number of nitrogens with zero attached hydrogens (tertiary/aromatic N) is 2. The van der Waals surface area contributed by atoms with Crippen LogP contribution in [0.15, 0.2) is 66.7 Å². The molecule has 1 aromatic heterocycles. The van der Waals surface area contributed by atoms with E-state index in [1.54, 1.807) is 10.7 Å². The van der Waals surface area contributed by atoms with Crippen LogP contribution in [-0.4, -0.2) is 22.8 Å². The van der Waals surface area contributed by atoms with E-state index in [0.29, 0.717) is 18.1 Å². The third-order valence-corrected chi connectivity index (χ3v) is 3.43. The summed E-state index contributed by atoms with van der Waals surface area (Å²) in [6.45, 7) is 0.460. The summed E-state index contributed by atoms with van der Waals surface area (Å²) < 4.78 is 6.74. The molecule has 23 heavy (non-hydrogen) atoms. The number of para-hydroxylation sites is 1. The molecule has 0 aliphatic heterocycles. The summed E-state index contributed by atoms with van der Waals surface area (Å²) >= 11 is 0. The Hall–Kier alpha value is -3.08. The number of carbonyl (C=O) groups is 1. The Balaban J connectivity index is 1.84. The van der Waals surface area contributed by atoms with E-state index in [2.05, 4.69) is 10.4 Å². The molecule has 5 nitrogen and oxygen atoms in total. The van der Waals surface area contributed by atoms with Gasteiger partial charge in [-0.25, -0.2) is 4.68 Å². The van der Waals surface area contributed by atoms with Gasteiger partial charge in [-0.1, -0.05) is 48.5 Å². The zero-order chi connectivity index (χ0) is 16.1. The number of aromatic nitrogens is 2. The molecule has 5 heteroatoms. The highest BCUT2D eigenvalue weighted by Crippen LogP contribution is 2.17. The molecule has 0 atom stereocenters. The van der Waals surface area contributed by atoms with Crippen molar-refractivity contribution in [3.63, 3.8) is 0 Å². The van der Waals surface area contributed by atoms with Crippen molar-refractivity contribution in [3.8, 4) is 11.6 Å². The van der Waals surface area contributed by atoms with Crippen molar-refractivity contribution in [1.29, 1.82) is 0 Å². The highest BCUT2D eigenvalue weighted by Gasteiger charge is 2.16. The Morgan fingerprint density at radius 3 is 2.39 bits per heavy atom. The molecule has 0 saturated heterocycles. The average Bonchev–Trinajstić information content (AvgIpc) is 3.06. The fraction of sp³-hybridized carbons (Fsp3) is 0.111. The molecule has 3 rings (SSSR count). The maximum atomic E-state index is 12.5. The monoisotopic (exact) mass is 307 g/mol. The lowest BCUT2D eigenvalue weighted by atomic mass is 10.2. The van der Waals surface area contributed by atoms with Gasteiger partial charge in [0, 0.05) is 12.6 Å². The molecule has 116 valence electrons. The Morgan fingerprint density at radius 1 is 1.09 bits per heavy atom. The molecule has 0 saturated carbocycles. The van der Waals surface area contributed by atoms with Gasteiger partial charge < -0.3 is 10.1 Å². The maximum Gasteiger partial charge on any atom is 0.270 e. The van der Waals surface area contributed by atoms with Gasteiger partial charge in [-0.15, -0.1) is 5.10 Å². The minimum atomic E-state index is -0.200. The lowest BCUT2D eigenvalue weighted by molar-refractivity contribution is 0.0943. The summed E-state index contributed by atoms with van der Waals surface area (Å²) in [4.78, 5) is 12.5. The number of amides is 1. The van der Waals surface area contributed by atoms with Gasteiger partial charge in [-0.05, 0) is 17.7 Å². The molecule has 0 bridgehead atoms. The number of hydrogen-bond donors (Lipinski definition) is 1. The van der Waals surface area contributed by atoms with Crippen LogP contribution in [0.1, 0.15) is 16.1 Å². The van der Waals surface area contributed by atoms with Crippen molar-refractivity contribution >= 4 is 5.91 Å². The van der Waals surface area contributed by atoms with Crippen LogP contribution in [0.5, 0.6) is 5.88 Å². The molecular weight excluding hydrogens is 290 g/mol. The Bertz CT molecular complexity index is 783. The van der Waals surface area contributed by atoms with E-state index < -0.39 is 0 Å². The van der Waals surface area contributed by atoms with Crippen LogP contribution < -0.4 is 10.1 Å². The number of ether oxygens (including phenoxy) is 1. The lowest BCUT2D eigenvalue weighted by Crippen LogP contribution is -2.25. The molecule has 0 spiro atoms. The molecule has 0 fully saturated rings. The van der Waals surface area contributed by atoms with Crippen molar-refractivity contribution in [2.24, 2.45) is 0 Å². The van der Waals surface area contributed by atoms with E-state index in [4.69, 9.17) is 4.74 Å². The number of carbonyl (C=O) groups excluding carboxylic acids is 1. The highest BCUT2D eigenvalue weighted by atomic mass is 16.5. The first-order valence-electron chi connectivity index (χ1n) is 7.29. The predicted octanol–water partition coefficient (Wildman–Crippen LogP) is 2.81. The molecule has 1 heterocycles. The fourth-order valence-electron chi connectivity index (χ4n) is 2.26. The van der Waals surface area contributed by atoms with Gasteiger partial charge in [0.2, 0.25) is 5.88 Å². The third kappa shape index (κ3) is 3.40. The summed E-state index contributed by atoms with van der Waals surface area (Å²) in [7, 11) is 1.53. The second-order valence-corrected chi connectivity index (χ2v) is 4.99. The maximum absolute atomic E-state index is 12.5. The van der Waals surface area contributed by atoms with E-state index in [9.17, 15) is 4.79 Å². The van der Waals surface area contributed by atoms with Crippen LogP contribution in [0.4, 0.5) is 0 Å². The van der Waals surface area contributed by atoms with Crippen LogP contribution in [0.2, 0.25) is 0 Å². The van der Waals surface area contributed by atoms with E-state index in [1.807, 2.05) is 60.7 Å². The zero-order valence-electron chi connectivity index (χ0n) is 12.8. The van der Waals surface area contributed by atoms with Gasteiger partial charge in [0.15, 0.2) is 0 Å². The minimum absolute atomic E-state index is 0.200. The van der Waals surface area contributed by atoms with Gasteiger partial charge in [0.25, 0.3) is 5.91 Å². The second kappa shape index (κ2) is 6.79. The zero-order valence-corrected chi connectivity index (χ0v) is 12.8. The summed E-state index contributed by atoms with van der Waals surface area (Å²) in [5.74, 6) is 0.201. The smallest absolute Gasteiger partial charge is 0.270 e. The lowest BCUT2D eigenvalue weighted by Gasteiger charge is -2.08. The molecular formula is C18H17N3O2. The number of nitrogens with one attached hydrogen (secondary N) is 1. The van der Waals surface area contributed by atoms with Crippen LogP contribution in [-0.2, 0) is 6.54 Å². The van der Waals surface area contributed by atoms with Gasteiger partial charge in [0.05, 0.1) is 12.8 Å². The highest BCUT2D eigenvalue weighted by molar-refractivity contribution is 5.93. The van der Waals surface area contributed by atoms with Gasteiger partial charge in [0.1, 0.15) is 5.69 Å². The fourth-order valence-corrected chi connectivity index (χ4v) is 2.26. The van der Waals surface area contributed by atoms with E-state index in [-0.39, 0.29) is 5.91 Å². The molecule has 1 N–H and O–H groups in total. The van der Waals surface area contributed by atoms with Crippen LogP contribution in [0.3, 0.4) is 0 Å². The van der Waals surface area contributed by atoms with Gasteiger partial charge in [-0.3, -0.25) is 4.79 Å². The van der Waals surface area contributed by atoms with Crippen molar-refractivity contribution in [3.05, 3.63) is 78.0 Å². The summed E-state index contributed by atoms with van der Waals surface area (Å²) in [5, 5.41) is 7.22. The van der Waals surface area contributed by atoms with Crippen molar-refractivity contribution < 1.29 is 9.53 Å². The summed E-state index contributed by atoms with van der Waals surface area (Å²) in [6, 6.07) is 20.9. The number of hydrogen-bond acceptors (Lipinski definition) is 3. The van der Waals surface area contributed by atoms with Gasteiger partial charge in [-0.2, -0.15) is 0 Å². The molecule has 2 aromatic carbocycles. The Kier molecular flexibility index (Phi) is 4.38. The van der Waals surface area contributed by atoms with Crippen LogP contribution in [0, 0.1) is 0 Å². The van der Waals surface area contributed by atoms with E-state index >= 15 is 0 Å². The number of methoxy groups -OCH3 is 1. The predicted molar refractivity (Wildman–Crippen MR) is 87.7 cm³/mol. The molecule has 1 amide bonds. The number of rotatable bonds is 5. The Labute approximate surface area is 134 Å². The van der Waals surface area contributed by atoms with Crippen molar-refractivity contribution in [2.75, 3.05) is 7.11 Å². The van der Waals surface area contributed by atoms with E-state index in [1.165, 1.54) is 7.11 Å². The third-order valence-electron chi connectivity index (χ3n) is 3.43. The molecule has 3 aromatic rings. The van der Waals surface area contributed by atoms with Gasteiger partial charge >= 0.3 is 0 Å². The minimum Gasteiger partial charge on any atom is -0.480 e. The summed E-state index contributed by atoms with van der Waals surface area (Å²) in [6.07, 6.45) is 0. The summed E-state index contributed by atoms with van der Waals surface area (Å²) in [5.41, 5.74) is 2.28. The largest absolute Gasteiger partial charge is 0.480 e. The first-order chi connectivity index (χ1) is 11.3. The second-order valence-electron chi connectivity index (χ2n) is 4.99. The van der Waals surface area contributed by atoms with Crippen LogP contribution >= 0.6 is 0 Å². The normalized spacial score (nSPS) is 10.3. The first kappa shape index (κ1) is 14.8. The van der Waals surface area contributed by atoms with Crippen molar-refractivity contribution in [2.45, 2.75) is 6.54 Å². The topological polar surface area (TPSA) is 56.1 Å². The van der Waals surface area contributed by atoms with Crippen molar-refractivity contribution in [1.82, 2.24) is 15.1 Å². The molecule has 0 aliphatic rings. The number of benzene rings is 2. The van der Waals surface area contributed by atoms with E-state index in [0.717, 1.165) is 11.3 Å². The molecule has 0 unspecified atom stereocenters. The first-order valence-corrected chi connectivity index (χ1v) is 7.29. The standard InChI is InChI=1S/C18H17N3O2/c1-23-17-12-16(21(20-17)15-10-6-3-7-11-15)18(22)19-13-14-8-4-2-5-9-14/h2-12H,13H2,1H3,(H,19,22). The SMILES string of the molecule is COc1cc(C(=O)NCc2ccccc2)n(-c2ccccc2)n1. The molecule has 0 aliphatic carbocycles. The quantitative estimate of drug-likeness (QED) is 0.788. The van der Waals surface area contributed by atoms with Crippen LogP contribution in [0.25, 0.3) is 5.69 Å². The average molecular weight is 307 g/mol. The Morgan fingerprint density at radius 2 is 1.74 bits per heavy atom.